The van der Waals surface area contributed by atoms with Crippen LogP contribution in [-0.2, 0) is 16.2 Å². The molecule has 0 saturated carbocycles. The maximum atomic E-state index is 13.0. The Balaban J connectivity index is 1.55. The van der Waals surface area contributed by atoms with E-state index >= 15 is 0 Å². The van der Waals surface area contributed by atoms with Crippen LogP contribution in [0, 0.1) is 0 Å². The lowest BCUT2D eigenvalue weighted by Crippen LogP contribution is -2.54. The summed E-state index contributed by atoms with van der Waals surface area (Å²) in [5, 5.41) is 11.2. The first-order chi connectivity index (χ1) is 16.9. The van der Waals surface area contributed by atoms with E-state index in [-0.39, 0.29) is 17.7 Å². The van der Waals surface area contributed by atoms with E-state index in [9.17, 15) is 19.2 Å². The van der Waals surface area contributed by atoms with Crippen LogP contribution in [0.2, 0.25) is 0 Å². The highest BCUT2D eigenvalue weighted by molar-refractivity contribution is 6.39. The Morgan fingerprint density at radius 3 is 2.34 bits per heavy atom. The van der Waals surface area contributed by atoms with Crippen molar-refractivity contribution in [2.75, 3.05) is 12.0 Å². The van der Waals surface area contributed by atoms with Gasteiger partial charge in [-0.1, -0.05) is 36.4 Å². The quantitative estimate of drug-likeness (QED) is 0.398. The van der Waals surface area contributed by atoms with Crippen LogP contribution in [0.25, 0.3) is 6.08 Å². The summed E-state index contributed by atoms with van der Waals surface area (Å²) in [6.45, 7) is 0.172. The minimum atomic E-state index is -1.01. The van der Waals surface area contributed by atoms with Crippen LogP contribution in [0.3, 0.4) is 0 Å². The number of carboxylic acids is 1. The first-order valence-electron chi connectivity index (χ1n) is 10.5. The van der Waals surface area contributed by atoms with Gasteiger partial charge in [0.05, 0.1) is 18.4 Å². The first-order valence-corrected chi connectivity index (χ1v) is 10.5. The Bertz CT molecular complexity index is 1330. The van der Waals surface area contributed by atoms with Gasteiger partial charge in [-0.25, -0.2) is 14.5 Å². The second-order valence-electron chi connectivity index (χ2n) is 7.49. The number of nitrogens with one attached hydrogen (secondary N) is 1. The maximum Gasteiger partial charge on any atom is 0.335 e. The molecule has 0 aliphatic carbocycles. The first kappa shape index (κ1) is 23.2. The number of anilines is 1. The number of urea groups is 1. The van der Waals surface area contributed by atoms with Gasteiger partial charge in [0.2, 0.25) is 0 Å². The number of para-hydroxylation sites is 1. The van der Waals surface area contributed by atoms with Crippen LogP contribution in [-0.4, -0.2) is 36.0 Å². The standard InChI is InChI=1S/C26H20N2O7/c1-34-22-14-17(9-12-21(22)35-15-16-7-10-18(11-8-16)25(31)32)13-20-23(29)27-26(33)28(24(20)30)19-5-3-2-4-6-19/h2-14H,15H2,1H3,(H,31,32)(H,27,29,33). The molecule has 0 bridgehead atoms. The molecule has 4 rings (SSSR count). The van der Waals surface area contributed by atoms with E-state index in [2.05, 4.69) is 5.32 Å². The summed E-state index contributed by atoms with van der Waals surface area (Å²) >= 11 is 0. The van der Waals surface area contributed by atoms with Crippen molar-refractivity contribution >= 4 is 35.6 Å². The fourth-order valence-corrected chi connectivity index (χ4v) is 3.43. The lowest BCUT2D eigenvalue weighted by Gasteiger charge is -2.26. The van der Waals surface area contributed by atoms with Gasteiger partial charge in [0.1, 0.15) is 12.2 Å². The summed E-state index contributed by atoms with van der Waals surface area (Å²) in [7, 11) is 1.45. The third-order valence-corrected chi connectivity index (χ3v) is 5.21. The Kier molecular flexibility index (Phi) is 6.59. The predicted molar refractivity (Wildman–Crippen MR) is 126 cm³/mol. The van der Waals surface area contributed by atoms with Gasteiger partial charge >= 0.3 is 12.0 Å². The molecular weight excluding hydrogens is 452 g/mol. The van der Waals surface area contributed by atoms with Crippen molar-refractivity contribution in [2.24, 2.45) is 0 Å². The number of rotatable bonds is 7. The molecule has 1 saturated heterocycles. The van der Waals surface area contributed by atoms with Gasteiger partial charge in [-0.05, 0) is 53.6 Å². The zero-order valence-corrected chi connectivity index (χ0v) is 18.6. The number of methoxy groups -OCH3 is 1. The summed E-state index contributed by atoms with van der Waals surface area (Å²) < 4.78 is 11.2. The Morgan fingerprint density at radius 1 is 0.971 bits per heavy atom. The van der Waals surface area contributed by atoms with E-state index in [1.165, 1.54) is 25.3 Å². The number of carbonyl (C=O) groups is 4. The number of imide groups is 2. The Labute approximate surface area is 200 Å². The SMILES string of the molecule is COc1cc(C=C2C(=O)NC(=O)N(c3ccccc3)C2=O)ccc1OCc1ccc(C(=O)O)cc1. The number of barbiturate groups is 1. The van der Waals surface area contributed by atoms with Crippen molar-refractivity contribution in [1.29, 1.82) is 0 Å². The number of amides is 4. The van der Waals surface area contributed by atoms with E-state index in [0.29, 0.717) is 22.7 Å². The number of benzene rings is 3. The van der Waals surface area contributed by atoms with Gasteiger partial charge in [0.25, 0.3) is 11.8 Å². The molecule has 9 heteroatoms. The summed E-state index contributed by atoms with van der Waals surface area (Å²) in [4.78, 5) is 49.5. The molecule has 1 aliphatic rings. The molecular formula is C26H20N2O7. The van der Waals surface area contributed by atoms with Crippen molar-refractivity contribution in [1.82, 2.24) is 5.32 Å². The highest BCUT2D eigenvalue weighted by atomic mass is 16.5. The molecule has 0 unspecified atom stereocenters. The fourth-order valence-electron chi connectivity index (χ4n) is 3.43. The minimum Gasteiger partial charge on any atom is -0.493 e. The average Bonchev–Trinajstić information content (AvgIpc) is 2.86. The molecule has 35 heavy (non-hydrogen) atoms. The molecule has 1 fully saturated rings. The van der Waals surface area contributed by atoms with Crippen molar-refractivity contribution in [3.63, 3.8) is 0 Å². The normalized spacial score (nSPS) is 14.6. The summed E-state index contributed by atoms with van der Waals surface area (Å²) in [5.74, 6) is -1.77. The van der Waals surface area contributed by atoms with E-state index in [0.717, 1.165) is 10.5 Å². The zero-order chi connectivity index (χ0) is 24.9. The second kappa shape index (κ2) is 9.92. The number of carbonyl (C=O) groups excluding carboxylic acids is 3. The minimum absolute atomic E-state index is 0.172. The number of hydrogen-bond donors (Lipinski definition) is 2. The highest BCUT2D eigenvalue weighted by Crippen LogP contribution is 2.30. The summed E-state index contributed by atoms with van der Waals surface area (Å²) in [6.07, 6.45) is 1.37. The lowest BCUT2D eigenvalue weighted by atomic mass is 10.1. The largest absolute Gasteiger partial charge is 0.493 e. The number of aromatic carboxylic acids is 1. The van der Waals surface area contributed by atoms with Crippen LogP contribution >= 0.6 is 0 Å². The molecule has 2 N–H and O–H groups in total. The van der Waals surface area contributed by atoms with E-state index < -0.39 is 23.8 Å². The number of hydrogen-bond acceptors (Lipinski definition) is 6. The van der Waals surface area contributed by atoms with Gasteiger partial charge in [-0.2, -0.15) is 0 Å². The molecule has 3 aromatic carbocycles. The monoisotopic (exact) mass is 472 g/mol. The molecule has 0 atom stereocenters. The topological polar surface area (TPSA) is 122 Å². The highest BCUT2D eigenvalue weighted by Gasteiger charge is 2.36. The molecule has 1 aliphatic heterocycles. The molecule has 1 heterocycles. The number of nitrogens with zero attached hydrogens (tertiary/aromatic N) is 1. The molecule has 3 aromatic rings. The van der Waals surface area contributed by atoms with Crippen molar-refractivity contribution in [3.05, 3.63) is 95.1 Å². The van der Waals surface area contributed by atoms with Gasteiger partial charge in [-0.15, -0.1) is 0 Å². The van der Waals surface area contributed by atoms with Gasteiger partial charge in [-0.3, -0.25) is 14.9 Å². The molecule has 9 nitrogen and oxygen atoms in total. The third-order valence-electron chi connectivity index (χ3n) is 5.21. The van der Waals surface area contributed by atoms with Crippen LogP contribution in [0.15, 0.2) is 78.4 Å². The number of ether oxygens (including phenoxy) is 2. The van der Waals surface area contributed by atoms with Crippen LogP contribution < -0.4 is 19.7 Å². The third kappa shape index (κ3) is 5.03. The van der Waals surface area contributed by atoms with Crippen molar-refractivity contribution in [2.45, 2.75) is 6.61 Å². The van der Waals surface area contributed by atoms with Gasteiger partial charge in [0, 0.05) is 0 Å². The molecule has 0 aromatic heterocycles. The Hall–Kier alpha value is -4.92. The van der Waals surface area contributed by atoms with Crippen LogP contribution in [0.5, 0.6) is 11.5 Å². The number of carboxylic acid groups (broad SMARTS) is 1. The molecule has 176 valence electrons. The van der Waals surface area contributed by atoms with E-state index in [1.807, 2.05) is 0 Å². The molecule has 4 amide bonds. The predicted octanol–water partition coefficient (Wildman–Crippen LogP) is 3.64. The maximum absolute atomic E-state index is 13.0. The van der Waals surface area contributed by atoms with Gasteiger partial charge in [0.15, 0.2) is 11.5 Å². The van der Waals surface area contributed by atoms with Gasteiger partial charge < -0.3 is 14.6 Å². The smallest absolute Gasteiger partial charge is 0.335 e. The summed E-state index contributed by atoms with van der Waals surface area (Å²) in [5.41, 5.74) is 1.56. The molecule has 0 radical (unpaired) electrons. The van der Waals surface area contributed by atoms with E-state index in [1.54, 1.807) is 60.7 Å². The Morgan fingerprint density at radius 2 is 1.69 bits per heavy atom. The van der Waals surface area contributed by atoms with Crippen LogP contribution in [0.4, 0.5) is 10.5 Å². The second-order valence-corrected chi connectivity index (χ2v) is 7.49. The summed E-state index contributed by atoms with van der Waals surface area (Å²) in [6, 6.07) is 18.6. The average molecular weight is 472 g/mol. The zero-order valence-electron chi connectivity index (χ0n) is 18.6. The van der Waals surface area contributed by atoms with Crippen molar-refractivity contribution in [3.8, 4) is 11.5 Å². The lowest BCUT2D eigenvalue weighted by molar-refractivity contribution is -0.122. The molecule has 0 spiro atoms. The van der Waals surface area contributed by atoms with E-state index in [4.69, 9.17) is 14.6 Å². The van der Waals surface area contributed by atoms with Crippen LogP contribution in [0.1, 0.15) is 21.5 Å². The van der Waals surface area contributed by atoms with Crippen molar-refractivity contribution < 1.29 is 33.8 Å². The fraction of sp³-hybridized carbons (Fsp3) is 0.0769.